The fraction of sp³-hybridized carbons (Fsp3) is 0.409. The topological polar surface area (TPSA) is 102 Å². The molecule has 1 aromatic carbocycles. The predicted molar refractivity (Wildman–Crippen MR) is 123 cm³/mol. The smallest absolute Gasteiger partial charge is 0.271 e. The van der Waals surface area contributed by atoms with Crippen molar-refractivity contribution in [1.29, 1.82) is 0 Å². The molecule has 4 rings (SSSR count). The van der Waals surface area contributed by atoms with E-state index in [2.05, 4.69) is 10.2 Å². The monoisotopic (exact) mass is 491 g/mol. The summed E-state index contributed by atoms with van der Waals surface area (Å²) < 4.78 is 34.6. The van der Waals surface area contributed by atoms with Crippen molar-refractivity contribution in [2.45, 2.75) is 44.2 Å². The van der Waals surface area contributed by atoms with Crippen LogP contribution in [-0.4, -0.2) is 57.4 Å². The van der Waals surface area contributed by atoms with Crippen LogP contribution in [0.4, 0.5) is 0 Å². The number of hydrogen-bond acceptors (Lipinski definition) is 6. The van der Waals surface area contributed by atoms with Crippen LogP contribution < -0.4 is 0 Å². The van der Waals surface area contributed by atoms with Crippen molar-refractivity contribution in [2.24, 2.45) is 7.05 Å². The Labute approximate surface area is 198 Å². The zero-order chi connectivity index (χ0) is 23.8. The van der Waals surface area contributed by atoms with Crippen LogP contribution in [0, 0.1) is 0 Å². The van der Waals surface area contributed by atoms with Gasteiger partial charge < -0.3 is 13.9 Å². The molecule has 0 unspecified atom stereocenters. The van der Waals surface area contributed by atoms with Crippen molar-refractivity contribution in [2.75, 3.05) is 13.1 Å². The lowest BCUT2D eigenvalue weighted by molar-refractivity contribution is 0.0662. The van der Waals surface area contributed by atoms with Crippen LogP contribution >= 0.6 is 11.6 Å². The predicted octanol–water partition coefficient (Wildman–Crippen LogP) is 3.56. The van der Waals surface area contributed by atoms with E-state index in [-0.39, 0.29) is 35.0 Å². The van der Waals surface area contributed by atoms with Gasteiger partial charge in [0.1, 0.15) is 10.6 Å². The maximum absolute atomic E-state index is 13.4. The number of sulfonamides is 1. The van der Waals surface area contributed by atoms with Gasteiger partial charge in [-0.2, -0.15) is 4.31 Å². The van der Waals surface area contributed by atoms with E-state index >= 15 is 0 Å². The van der Waals surface area contributed by atoms with Crippen molar-refractivity contribution in [3.05, 3.63) is 53.1 Å². The molecule has 0 spiro atoms. The Kier molecular flexibility index (Phi) is 6.60. The summed E-state index contributed by atoms with van der Waals surface area (Å²) >= 11 is 5.93. The number of carbonyl (C=O) groups excluding carboxylic acids is 1. The number of nitrogens with zero attached hydrogens (tertiary/aromatic N) is 5. The van der Waals surface area contributed by atoms with E-state index < -0.39 is 10.0 Å². The zero-order valence-corrected chi connectivity index (χ0v) is 20.3. The molecule has 176 valence electrons. The third-order valence-corrected chi connectivity index (χ3v) is 7.77. The minimum atomic E-state index is -3.62. The molecule has 9 nitrogen and oxygen atoms in total. The van der Waals surface area contributed by atoms with E-state index in [1.807, 2.05) is 13.8 Å². The number of aromatic nitrogens is 3. The highest BCUT2D eigenvalue weighted by Gasteiger charge is 2.31. The van der Waals surface area contributed by atoms with Crippen LogP contribution in [0.25, 0.3) is 11.5 Å². The first-order valence-electron chi connectivity index (χ1n) is 10.7. The summed E-state index contributed by atoms with van der Waals surface area (Å²) in [7, 11) is -1.95. The van der Waals surface area contributed by atoms with E-state index in [1.165, 1.54) is 16.6 Å². The van der Waals surface area contributed by atoms with E-state index in [4.69, 9.17) is 16.0 Å². The standard InChI is InChI=1S/C22H26ClN5O4S/c1-15(2)28(14-20-24-25-21(32-20)16-6-8-17(23)9-7-16)22(29)19-12-18(13-26(19)3)33(30,31)27-10-4-5-11-27/h6-9,12-13,15H,4-5,10-11,14H2,1-3H3. The summed E-state index contributed by atoms with van der Waals surface area (Å²) in [6.07, 6.45) is 3.19. The molecular weight excluding hydrogens is 466 g/mol. The van der Waals surface area contributed by atoms with E-state index in [0.29, 0.717) is 24.0 Å². The number of rotatable bonds is 7. The number of aryl methyl sites for hydroxylation is 1. The van der Waals surface area contributed by atoms with Gasteiger partial charge in [-0.3, -0.25) is 4.79 Å². The van der Waals surface area contributed by atoms with Gasteiger partial charge in [-0.05, 0) is 57.0 Å². The Morgan fingerprint density at radius 3 is 2.48 bits per heavy atom. The van der Waals surface area contributed by atoms with Gasteiger partial charge in [0.15, 0.2) is 0 Å². The maximum Gasteiger partial charge on any atom is 0.271 e. The Morgan fingerprint density at radius 2 is 1.85 bits per heavy atom. The lowest BCUT2D eigenvalue weighted by Gasteiger charge is -2.25. The van der Waals surface area contributed by atoms with Gasteiger partial charge in [-0.15, -0.1) is 10.2 Å². The summed E-state index contributed by atoms with van der Waals surface area (Å²) in [4.78, 5) is 15.1. The van der Waals surface area contributed by atoms with Gasteiger partial charge in [0.2, 0.25) is 21.8 Å². The average Bonchev–Trinajstić information content (AvgIpc) is 3.53. The van der Waals surface area contributed by atoms with Crippen LogP contribution in [0.15, 0.2) is 45.8 Å². The fourth-order valence-corrected chi connectivity index (χ4v) is 5.49. The third-order valence-electron chi connectivity index (χ3n) is 5.65. The van der Waals surface area contributed by atoms with Gasteiger partial charge in [0.05, 0.1) is 6.54 Å². The van der Waals surface area contributed by atoms with Crippen LogP contribution in [0.5, 0.6) is 0 Å². The molecule has 0 bridgehead atoms. The molecule has 0 aliphatic carbocycles. The second-order valence-electron chi connectivity index (χ2n) is 8.32. The second kappa shape index (κ2) is 9.28. The molecule has 0 saturated carbocycles. The first-order chi connectivity index (χ1) is 15.7. The maximum atomic E-state index is 13.4. The normalized spacial score (nSPS) is 14.8. The van der Waals surface area contributed by atoms with Crippen molar-refractivity contribution in [1.82, 2.24) is 24.0 Å². The molecule has 3 heterocycles. The van der Waals surface area contributed by atoms with Crippen LogP contribution in [0.3, 0.4) is 0 Å². The molecule has 0 atom stereocenters. The van der Waals surface area contributed by atoms with Crippen molar-refractivity contribution in [3.8, 4) is 11.5 Å². The van der Waals surface area contributed by atoms with Crippen molar-refractivity contribution in [3.63, 3.8) is 0 Å². The van der Waals surface area contributed by atoms with Gasteiger partial charge >= 0.3 is 0 Å². The summed E-state index contributed by atoms with van der Waals surface area (Å²) in [5.74, 6) is 0.290. The van der Waals surface area contributed by atoms with Crippen LogP contribution in [-0.2, 0) is 23.6 Å². The van der Waals surface area contributed by atoms with Crippen LogP contribution in [0.1, 0.15) is 43.1 Å². The molecular formula is C22H26ClN5O4S. The molecule has 0 radical (unpaired) electrons. The molecule has 3 aromatic rings. The first kappa shape index (κ1) is 23.5. The second-order valence-corrected chi connectivity index (χ2v) is 10.7. The van der Waals surface area contributed by atoms with Gasteiger partial charge in [-0.1, -0.05) is 11.6 Å². The van der Waals surface area contributed by atoms with Crippen molar-refractivity contribution < 1.29 is 17.6 Å². The van der Waals surface area contributed by atoms with Crippen molar-refractivity contribution >= 4 is 27.5 Å². The largest absolute Gasteiger partial charge is 0.419 e. The number of halogens is 1. The number of carbonyl (C=O) groups is 1. The SMILES string of the molecule is CC(C)N(Cc1nnc(-c2ccc(Cl)cc2)o1)C(=O)c1cc(S(=O)(=O)N2CCCC2)cn1C. The molecule has 0 N–H and O–H groups in total. The molecule has 2 aromatic heterocycles. The molecule has 33 heavy (non-hydrogen) atoms. The van der Waals surface area contributed by atoms with E-state index in [9.17, 15) is 13.2 Å². The number of benzene rings is 1. The Hall–Kier alpha value is -2.69. The lowest BCUT2D eigenvalue weighted by atomic mass is 10.2. The van der Waals surface area contributed by atoms with E-state index in [0.717, 1.165) is 18.4 Å². The highest BCUT2D eigenvalue weighted by molar-refractivity contribution is 7.89. The Balaban J connectivity index is 1.56. The molecule has 1 fully saturated rings. The molecule has 11 heteroatoms. The molecule has 1 aliphatic heterocycles. The average molecular weight is 492 g/mol. The number of hydrogen-bond donors (Lipinski definition) is 0. The third kappa shape index (κ3) is 4.83. The molecule has 1 amide bonds. The van der Waals surface area contributed by atoms with E-state index in [1.54, 1.807) is 40.8 Å². The van der Waals surface area contributed by atoms with Gasteiger partial charge in [0.25, 0.3) is 5.91 Å². The minimum Gasteiger partial charge on any atom is -0.419 e. The molecule has 1 aliphatic rings. The summed E-state index contributed by atoms with van der Waals surface area (Å²) in [5, 5.41) is 8.75. The highest BCUT2D eigenvalue weighted by Crippen LogP contribution is 2.25. The summed E-state index contributed by atoms with van der Waals surface area (Å²) in [5.41, 5.74) is 0.999. The fourth-order valence-electron chi connectivity index (χ4n) is 3.77. The summed E-state index contributed by atoms with van der Waals surface area (Å²) in [6, 6.07) is 8.27. The molecule has 1 saturated heterocycles. The highest BCUT2D eigenvalue weighted by atomic mass is 35.5. The van der Waals surface area contributed by atoms with Crippen LogP contribution in [0.2, 0.25) is 5.02 Å². The lowest BCUT2D eigenvalue weighted by Crippen LogP contribution is -2.37. The zero-order valence-electron chi connectivity index (χ0n) is 18.7. The van der Waals surface area contributed by atoms with Gasteiger partial charge in [-0.25, -0.2) is 8.42 Å². The Bertz CT molecular complexity index is 1240. The minimum absolute atomic E-state index is 0.0937. The Morgan fingerprint density at radius 1 is 1.18 bits per heavy atom. The summed E-state index contributed by atoms with van der Waals surface area (Å²) in [6.45, 7) is 4.85. The quantitative estimate of drug-likeness (QED) is 0.500. The van der Waals surface area contributed by atoms with Gasteiger partial charge in [0, 0.05) is 43.0 Å². The first-order valence-corrected chi connectivity index (χ1v) is 12.5. The number of amides is 1.